The second-order valence-electron chi connectivity index (χ2n) is 9.74. The van der Waals surface area contributed by atoms with Crippen molar-refractivity contribution in [2.75, 3.05) is 33.1 Å². The molecule has 3 aliphatic carbocycles. The van der Waals surface area contributed by atoms with E-state index >= 15 is 0 Å². The van der Waals surface area contributed by atoms with Crippen molar-refractivity contribution in [1.82, 2.24) is 4.90 Å². The number of likely N-dealkylation sites (N-methyl/N-ethyl adjacent to an activating group) is 1. The van der Waals surface area contributed by atoms with Crippen LogP contribution in [-0.2, 0) is 20.8 Å². The molecule has 4 rings (SSSR count). The summed E-state index contributed by atoms with van der Waals surface area (Å²) in [6.45, 7) is 0. The van der Waals surface area contributed by atoms with E-state index in [4.69, 9.17) is 11.5 Å². The van der Waals surface area contributed by atoms with Gasteiger partial charge in [-0.15, -0.1) is 0 Å². The van der Waals surface area contributed by atoms with E-state index in [-0.39, 0.29) is 29.5 Å². The lowest BCUT2D eigenvalue weighted by Crippen LogP contribution is -2.65. The summed E-state index contributed by atoms with van der Waals surface area (Å²) in [4.78, 5) is 54.0. The van der Waals surface area contributed by atoms with Gasteiger partial charge in [0, 0.05) is 42.4 Å². The second-order valence-corrected chi connectivity index (χ2v) is 9.74. The molecule has 1 aromatic rings. The first-order valence-corrected chi connectivity index (χ1v) is 11.0. The second kappa shape index (κ2) is 7.92. The lowest BCUT2D eigenvalue weighted by atomic mass is 9.57. The molecule has 1 aromatic carbocycles. The number of anilines is 1. The minimum atomic E-state index is -2.64. The van der Waals surface area contributed by atoms with Gasteiger partial charge < -0.3 is 31.7 Å². The van der Waals surface area contributed by atoms with E-state index in [9.17, 15) is 34.5 Å². The predicted octanol–water partition coefficient (Wildman–Crippen LogP) is -0.577. The quantitative estimate of drug-likeness (QED) is 0.348. The number of aliphatic hydroxyl groups is 3. The summed E-state index contributed by atoms with van der Waals surface area (Å²) in [6.07, 6.45) is 0.317. The highest BCUT2D eigenvalue weighted by Crippen LogP contribution is 2.52. The van der Waals surface area contributed by atoms with Gasteiger partial charge in [0.15, 0.2) is 11.4 Å². The molecule has 11 nitrogen and oxygen atoms in total. The van der Waals surface area contributed by atoms with Crippen LogP contribution in [-0.4, -0.2) is 83.4 Å². The molecule has 0 spiro atoms. The van der Waals surface area contributed by atoms with Crippen molar-refractivity contribution >= 4 is 34.8 Å². The molecule has 186 valence electrons. The lowest BCUT2D eigenvalue weighted by Gasteiger charge is -2.50. The molecule has 1 saturated carbocycles. The number of hydrogen-bond acceptors (Lipinski definition) is 9. The van der Waals surface area contributed by atoms with E-state index in [1.54, 1.807) is 39.2 Å². The van der Waals surface area contributed by atoms with Crippen LogP contribution < -0.4 is 16.4 Å². The van der Waals surface area contributed by atoms with Gasteiger partial charge in [0.1, 0.15) is 17.1 Å². The third-order valence-corrected chi connectivity index (χ3v) is 7.32. The molecule has 0 saturated heterocycles. The summed E-state index contributed by atoms with van der Waals surface area (Å²) in [6, 6.07) is 1.86. The Kier molecular flexibility index (Phi) is 5.53. The molecular weight excluding hydrogens is 456 g/mol. The van der Waals surface area contributed by atoms with Crippen LogP contribution in [0.5, 0.6) is 0 Å². The van der Waals surface area contributed by atoms with Crippen LogP contribution in [0.25, 0.3) is 5.76 Å². The number of fused-ring (bicyclic) bond motifs is 3. The molecule has 0 bridgehead atoms. The summed E-state index contributed by atoms with van der Waals surface area (Å²) < 4.78 is 0. The zero-order chi connectivity index (χ0) is 26.1. The number of nitrogens with two attached hydrogens (primary N) is 2. The maximum absolute atomic E-state index is 13.8. The number of Topliss-reactive ketones (excluding diaryl/α,β-unsaturated/α-hetero) is 2. The van der Waals surface area contributed by atoms with E-state index in [2.05, 4.69) is 0 Å². The fraction of sp³-hybridized carbons (Fsp3) is 0.417. The number of nitrogens with zero attached hydrogens (tertiary/aromatic N) is 2. The number of carbonyl (C=O) groups excluding carboxylic acids is 4. The van der Waals surface area contributed by atoms with Gasteiger partial charge in [-0.3, -0.25) is 24.1 Å². The molecule has 4 atom stereocenters. The summed E-state index contributed by atoms with van der Waals surface area (Å²) in [7, 11) is 6.64. The molecule has 0 heterocycles. The van der Waals surface area contributed by atoms with Gasteiger partial charge in [0.05, 0.1) is 6.04 Å². The molecule has 0 aliphatic heterocycles. The van der Waals surface area contributed by atoms with Crippen LogP contribution in [0, 0.1) is 11.8 Å². The van der Waals surface area contributed by atoms with E-state index in [0.29, 0.717) is 11.3 Å². The first kappa shape index (κ1) is 24.4. The fourth-order valence-electron chi connectivity index (χ4n) is 5.77. The Bertz CT molecular complexity index is 1260. The van der Waals surface area contributed by atoms with Crippen LogP contribution in [0.1, 0.15) is 27.9 Å². The van der Waals surface area contributed by atoms with Crippen LogP contribution in [0.4, 0.5) is 5.69 Å². The minimum absolute atomic E-state index is 0.0518. The van der Waals surface area contributed by atoms with Crippen molar-refractivity contribution in [3.05, 3.63) is 45.7 Å². The molecule has 3 aliphatic rings. The van der Waals surface area contributed by atoms with Crippen LogP contribution >= 0.6 is 0 Å². The highest BCUT2D eigenvalue weighted by molar-refractivity contribution is 6.24. The maximum Gasteiger partial charge on any atom is 0.255 e. The Hall–Kier alpha value is -3.70. The van der Waals surface area contributed by atoms with Gasteiger partial charge >= 0.3 is 0 Å². The van der Waals surface area contributed by atoms with Crippen molar-refractivity contribution in [3.63, 3.8) is 0 Å². The molecular formula is C24H28N4O7. The first-order chi connectivity index (χ1) is 16.2. The van der Waals surface area contributed by atoms with Crippen molar-refractivity contribution in [2.45, 2.75) is 24.5 Å². The molecule has 7 N–H and O–H groups in total. The molecule has 1 fully saturated rings. The Morgan fingerprint density at radius 2 is 1.69 bits per heavy atom. The Morgan fingerprint density at radius 3 is 2.20 bits per heavy atom. The number of aliphatic hydroxyl groups excluding tert-OH is 2. The van der Waals surface area contributed by atoms with Crippen molar-refractivity contribution in [2.24, 2.45) is 23.3 Å². The number of amides is 2. The molecule has 35 heavy (non-hydrogen) atoms. The number of primary amides is 2. The zero-order valence-corrected chi connectivity index (χ0v) is 19.8. The Balaban J connectivity index is 1.99. The van der Waals surface area contributed by atoms with Gasteiger partial charge in [-0.2, -0.15) is 0 Å². The molecule has 2 amide bonds. The topological polar surface area (TPSA) is 187 Å². The summed E-state index contributed by atoms with van der Waals surface area (Å²) in [5, 5.41) is 33.7. The third kappa shape index (κ3) is 3.26. The van der Waals surface area contributed by atoms with Crippen LogP contribution in [0.15, 0.2) is 29.0 Å². The third-order valence-electron chi connectivity index (χ3n) is 7.32. The average Bonchev–Trinajstić information content (AvgIpc) is 2.75. The predicted molar refractivity (Wildman–Crippen MR) is 125 cm³/mol. The number of benzene rings is 1. The summed E-state index contributed by atoms with van der Waals surface area (Å²) >= 11 is 0. The van der Waals surface area contributed by atoms with E-state index in [1.165, 1.54) is 11.0 Å². The number of rotatable bonds is 4. The minimum Gasteiger partial charge on any atom is -0.508 e. The molecule has 0 aromatic heterocycles. The highest BCUT2D eigenvalue weighted by atomic mass is 16.3. The molecule has 11 heteroatoms. The fourth-order valence-corrected chi connectivity index (χ4v) is 5.77. The normalized spacial score (nSPS) is 28.0. The lowest BCUT2D eigenvalue weighted by molar-refractivity contribution is -0.153. The largest absolute Gasteiger partial charge is 0.508 e. The molecule has 0 radical (unpaired) electrons. The number of carbonyl (C=O) groups is 4. The smallest absolute Gasteiger partial charge is 0.255 e. The van der Waals surface area contributed by atoms with E-state index in [0.717, 1.165) is 0 Å². The first-order valence-electron chi connectivity index (χ1n) is 11.0. The zero-order valence-electron chi connectivity index (χ0n) is 19.8. The highest BCUT2D eigenvalue weighted by Gasteiger charge is 2.64. The van der Waals surface area contributed by atoms with Crippen molar-refractivity contribution < 1.29 is 34.5 Å². The van der Waals surface area contributed by atoms with Gasteiger partial charge in [-0.25, -0.2) is 0 Å². The van der Waals surface area contributed by atoms with Crippen molar-refractivity contribution in [1.29, 1.82) is 0 Å². The van der Waals surface area contributed by atoms with Gasteiger partial charge in [-0.1, -0.05) is 0 Å². The number of hydrogen-bond donors (Lipinski definition) is 5. The van der Waals surface area contributed by atoms with Crippen molar-refractivity contribution in [3.8, 4) is 0 Å². The monoisotopic (exact) mass is 484 g/mol. The SMILES string of the molecule is CN(C)c1cc(C(N)=O)cc2c1CC1CC3C(N(C)C)C(=O)C(C(N)=O)=C(O)[C@@]3(O)C(=O)C1=C2O. The molecule has 3 unspecified atom stereocenters. The van der Waals surface area contributed by atoms with Gasteiger partial charge in [0.2, 0.25) is 11.7 Å². The average molecular weight is 485 g/mol. The maximum atomic E-state index is 13.8. The van der Waals surface area contributed by atoms with E-state index < -0.39 is 64.0 Å². The van der Waals surface area contributed by atoms with Crippen LogP contribution in [0.3, 0.4) is 0 Å². The standard InChI is InChI=1S/C24H28N4O7/c1-27(2)14-8-10(22(25)33)6-12-11(14)5-9-7-13-17(28(3)4)19(30)16(23(26)34)21(32)24(13,35)20(31)15(9)18(12)29/h6,8-9,13,17,29,32,35H,5,7H2,1-4H3,(H2,25,33)(H2,26,34)/t9?,13?,17?,24-/m0/s1. The summed E-state index contributed by atoms with van der Waals surface area (Å²) in [5.41, 5.74) is 8.78. The van der Waals surface area contributed by atoms with Crippen LogP contribution in [0.2, 0.25) is 0 Å². The van der Waals surface area contributed by atoms with Gasteiger partial charge in [0.25, 0.3) is 5.91 Å². The summed E-state index contributed by atoms with van der Waals surface area (Å²) in [5.74, 6) is -7.05. The Labute approximate surface area is 201 Å². The number of ketones is 2. The van der Waals surface area contributed by atoms with Gasteiger partial charge in [-0.05, 0) is 50.6 Å². The Morgan fingerprint density at radius 1 is 1.06 bits per heavy atom. The van der Waals surface area contributed by atoms with E-state index in [1.807, 2.05) is 0 Å².